The minimum atomic E-state index is -3.10. The molecule has 0 aromatic carbocycles. The molecule has 0 aromatic rings. The second kappa shape index (κ2) is 10.1. The van der Waals surface area contributed by atoms with Crippen molar-refractivity contribution < 1.29 is 51.6 Å². The summed E-state index contributed by atoms with van der Waals surface area (Å²) in [6, 6.07) is 0. The van der Waals surface area contributed by atoms with Gasteiger partial charge < -0.3 is 23.7 Å². The molecular formula is C16H22F2O9. The zero-order valence-electron chi connectivity index (χ0n) is 15.3. The number of esters is 4. The van der Waals surface area contributed by atoms with Gasteiger partial charge in [-0.1, -0.05) is 0 Å². The van der Waals surface area contributed by atoms with Gasteiger partial charge in [0.25, 0.3) is 6.43 Å². The Bertz CT molecular complexity index is 566. The summed E-state index contributed by atoms with van der Waals surface area (Å²) in [4.78, 5) is 45.2. The number of alkyl halides is 2. The first kappa shape index (κ1) is 22.7. The van der Waals surface area contributed by atoms with Crippen LogP contribution in [0.3, 0.4) is 0 Å². The average molecular weight is 396 g/mol. The van der Waals surface area contributed by atoms with Gasteiger partial charge >= 0.3 is 23.9 Å². The third-order valence-corrected chi connectivity index (χ3v) is 3.53. The van der Waals surface area contributed by atoms with E-state index in [4.69, 9.17) is 23.7 Å². The monoisotopic (exact) mass is 396 g/mol. The van der Waals surface area contributed by atoms with Crippen molar-refractivity contribution in [1.29, 1.82) is 0 Å². The second-order valence-corrected chi connectivity index (χ2v) is 5.82. The lowest BCUT2D eigenvalue weighted by Gasteiger charge is -2.44. The van der Waals surface area contributed by atoms with Gasteiger partial charge in [-0.25, -0.2) is 8.78 Å². The Morgan fingerprint density at radius 2 is 1.30 bits per heavy atom. The molecule has 1 fully saturated rings. The third kappa shape index (κ3) is 7.08. The normalized spacial score (nSPS) is 27.6. The van der Waals surface area contributed by atoms with Crippen molar-refractivity contribution in [3.05, 3.63) is 0 Å². The molecule has 5 atom stereocenters. The van der Waals surface area contributed by atoms with Crippen molar-refractivity contribution in [2.24, 2.45) is 0 Å². The minimum Gasteiger partial charge on any atom is -0.466 e. The number of hydrogen-bond acceptors (Lipinski definition) is 9. The zero-order valence-corrected chi connectivity index (χ0v) is 15.3. The van der Waals surface area contributed by atoms with Crippen molar-refractivity contribution in [2.75, 3.05) is 6.61 Å². The van der Waals surface area contributed by atoms with Crippen LogP contribution >= 0.6 is 0 Å². The van der Waals surface area contributed by atoms with Crippen LogP contribution in [0.25, 0.3) is 0 Å². The van der Waals surface area contributed by atoms with Gasteiger partial charge in [0, 0.05) is 34.1 Å². The molecule has 0 aliphatic carbocycles. The van der Waals surface area contributed by atoms with E-state index in [1.807, 2.05) is 0 Å². The highest BCUT2D eigenvalue weighted by Gasteiger charge is 2.54. The molecule has 0 aromatic heterocycles. The second-order valence-electron chi connectivity index (χ2n) is 5.82. The van der Waals surface area contributed by atoms with Crippen LogP contribution in [-0.2, 0) is 42.9 Å². The smallest absolute Gasteiger partial charge is 0.303 e. The van der Waals surface area contributed by atoms with Crippen LogP contribution in [0.5, 0.6) is 0 Å². The quantitative estimate of drug-likeness (QED) is 0.454. The van der Waals surface area contributed by atoms with Gasteiger partial charge in [-0.15, -0.1) is 0 Å². The Labute approximate surface area is 154 Å². The van der Waals surface area contributed by atoms with Crippen molar-refractivity contribution >= 4 is 23.9 Å². The maximum Gasteiger partial charge on any atom is 0.303 e. The molecule has 1 rings (SSSR count). The molecule has 27 heavy (non-hydrogen) atoms. The molecule has 0 amide bonds. The van der Waals surface area contributed by atoms with Gasteiger partial charge in [-0.3, -0.25) is 19.2 Å². The van der Waals surface area contributed by atoms with E-state index in [9.17, 15) is 28.0 Å². The first-order chi connectivity index (χ1) is 12.5. The van der Waals surface area contributed by atoms with E-state index in [2.05, 4.69) is 0 Å². The van der Waals surface area contributed by atoms with Crippen LogP contribution in [0.4, 0.5) is 8.78 Å². The van der Waals surface area contributed by atoms with E-state index in [1.54, 1.807) is 0 Å². The molecule has 1 saturated heterocycles. The summed E-state index contributed by atoms with van der Waals surface area (Å²) in [5.74, 6) is -3.17. The molecule has 0 N–H and O–H groups in total. The third-order valence-electron chi connectivity index (χ3n) is 3.53. The standard InChI is InChI=1S/C16H22F2O9/c1-7(19)23-6-5-11-12(24-8(2)20)13(25-9(3)21)14(26-10(4)22)15(27-11)16(17)18/h11-16H,5-6H2,1-4H3. The SMILES string of the molecule is CC(=O)OCCC1OC(C(F)F)C(OC(C)=O)C(OC(C)=O)C1OC(C)=O. The Balaban J connectivity index is 3.21. The number of rotatable bonds is 7. The van der Waals surface area contributed by atoms with Crippen LogP contribution in [-0.4, -0.2) is 67.4 Å². The van der Waals surface area contributed by atoms with Crippen LogP contribution < -0.4 is 0 Å². The van der Waals surface area contributed by atoms with E-state index in [0.29, 0.717) is 0 Å². The number of carbonyl (C=O) groups is 4. The van der Waals surface area contributed by atoms with E-state index in [-0.39, 0.29) is 13.0 Å². The summed E-state index contributed by atoms with van der Waals surface area (Å²) in [6.45, 7) is 4.02. The van der Waals surface area contributed by atoms with E-state index in [0.717, 1.165) is 27.7 Å². The van der Waals surface area contributed by atoms with E-state index < -0.39 is 60.8 Å². The topological polar surface area (TPSA) is 114 Å². The first-order valence-corrected chi connectivity index (χ1v) is 8.11. The first-order valence-electron chi connectivity index (χ1n) is 8.11. The van der Waals surface area contributed by atoms with Gasteiger partial charge in [0.15, 0.2) is 24.4 Å². The Morgan fingerprint density at radius 3 is 1.74 bits per heavy atom. The van der Waals surface area contributed by atoms with Gasteiger partial charge in [-0.2, -0.15) is 0 Å². The highest BCUT2D eigenvalue weighted by molar-refractivity contribution is 5.68. The summed E-state index contributed by atoms with van der Waals surface area (Å²) in [5, 5.41) is 0. The molecular weight excluding hydrogens is 374 g/mol. The molecule has 154 valence electrons. The van der Waals surface area contributed by atoms with Gasteiger partial charge in [0.2, 0.25) is 0 Å². The van der Waals surface area contributed by atoms with Crippen molar-refractivity contribution in [3.8, 4) is 0 Å². The lowest BCUT2D eigenvalue weighted by atomic mass is 9.92. The maximum absolute atomic E-state index is 13.5. The molecule has 0 saturated carbocycles. The molecule has 11 heteroatoms. The van der Waals surface area contributed by atoms with Crippen LogP contribution in [0.15, 0.2) is 0 Å². The average Bonchev–Trinajstić information content (AvgIpc) is 2.50. The summed E-state index contributed by atoms with van der Waals surface area (Å²) in [7, 11) is 0. The zero-order chi connectivity index (χ0) is 20.7. The number of ether oxygens (including phenoxy) is 5. The highest BCUT2D eigenvalue weighted by atomic mass is 19.3. The predicted octanol–water partition coefficient (Wildman–Crippen LogP) is 0.767. The lowest BCUT2D eigenvalue weighted by molar-refractivity contribution is -0.266. The van der Waals surface area contributed by atoms with Gasteiger partial charge in [-0.05, 0) is 0 Å². The van der Waals surface area contributed by atoms with Crippen molar-refractivity contribution in [3.63, 3.8) is 0 Å². The number of carbonyl (C=O) groups excluding carboxylic acids is 4. The summed E-state index contributed by atoms with van der Waals surface area (Å²) in [6.07, 6.45) is -10.9. The molecule has 0 bridgehead atoms. The number of halogens is 2. The Morgan fingerprint density at radius 1 is 0.815 bits per heavy atom. The van der Waals surface area contributed by atoms with E-state index >= 15 is 0 Å². The fourth-order valence-electron chi connectivity index (χ4n) is 2.68. The molecule has 0 radical (unpaired) electrons. The molecule has 0 spiro atoms. The molecule has 5 unspecified atom stereocenters. The fraction of sp³-hybridized carbons (Fsp3) is 0.750. The van der Waals surface area contributed by atoms with Crippen molar-refractivity contribution in [1.82, 2.24) is 0 Å². The Kier molecular flexibility index (Phi) is 8.54. The van der Waals surface area contributed by atoms with E-state index in [1.165, 1.54) is 0 Å². The minimum absolute atomic E-state index is 0.120. The highest BCUT2D eigenvalue weighted by Crippen LogP contribution is 2.32. The summed E-state index contributed by atoms with van der Waals surface area (Å²) < 4.78 is 52.1. The van der Waals surface area contributed by atoms with Gasteiger partial charge in [0.1, 0.15) is 6.10 Å². The maximum atomic E-state index is 13.5. The number of hydrogen-bond donors (Lipinski definition) is 0. The molecule has 1 heterocycles. The molecule has 1 aliphatic rings. The largest absolute Gasteiger partial charge is 0.466 e. The summed E-state index contributed by atoms with van der Waals surface area (Å²) >= 11 is 0. The molecule has 9 nitrogen and oxygen atoms in total. The van der Waals surface area contributed by atoms with Crippen LogP contribution in [0.2, 0.25) is 0 Å². The van der Waals surface area contributed by atoms with Gasteiger partial charge in [0.05, 0.1) is 6.61 Å². The molecule has 1 aliphatic heterocycles. The van der Waals surface area contributed by atoms with Crippen molar-refractivity contribution in [2.45, 2.75) is 71.1 Å². The fourth-order valence-corrected chi connectivity index (χ4v) is 2.68. The summed E-state index contributed by atoms with van der Waals surface area (Å²) in [5.41, 5.74) is 0. The van der Waals surface area contributed by atoms with Crippen LogP contribution in [0, 0.1) is 0 Å². The Hall–Kier alpha value is -2.30. The predicted molar refractivity (Wildman–Crippen MR) is 82.6 cm³/mol. The van der Waals surface area contributed by atoms with Crippen LogP contribution in [0.1, 0.15) is 34.1 Å². The lowest BCUT2D eigenvalue weighted by Crippen LogP contribution is -2.63.